The summed E-state index contributed by atoms with van der Waals surface area (Å²) in [4.78, 5) is 2.54. The van der Waals surface area contributed by atoms with Crippen LogP contribution in [0.5, 0.6) is 0 Å². The highest BCUT2D eigenvalue weighted by molar-refractivity contribution is 5.18. The number of hydrogen-bond acceptors (Lipinski definition) is 2. The first kappa shape index (κ1) is 16.7. The van der Waals surface area contributed by atoms with Crippen molar-refractivity contribution in [1.29, 1.82) is 0 Å². The SMILES string of the molecule is CCN(CC)C(C)(CC)C(N)C1=CCCCCCC1. The molecule has 2 N–H and O–H groups in total. The molecule has 1 aliphatic carbocycles. The maximum absolute atomic E-state index is 6.70. The Morgan fingerprint density at radius 1 is 1.16 bits per heavy atom. The van der Waals surface area contributed by atoms with Gasteiger partial charge in [-0.15, -0.1) is 0 Å². The molecular weight excluding hydrogens is 232 g/mol. The molecule has 0 spiro atoms. The summed E-state index contributed by atoms with van der Waals surface area (Å²) < 4.78 is 0. The second-order valence-corrected chi connectivity index (χ2v) is 6.09. The van der Waals surface area contributed by atoms with Crippen molar-refractivity contribution in [2.45, 2.75) is 84.2 Å². The largest absolute Gasteiger partial charge is 0.323 e. The molecule has 1 aliphatic rings. The number of likely N-dealkylation sites (N-methyl/N-ethyl adjacent to an activating group) is 1. The molecule has 2 unspecified atom stereocenters. The Kier molecular flexibility index (Phi) is 7.09. The summed E-state index contributed by atoms with van der Waals surface area (Å²) in [6.45, 7) is 11.3. The van der Waals surface area contributed by atoms with E-state index in [-0.39, 0.29) is 11.6 Å². The molecule has 0 heterocycles. The minimum absolute atomic E-state index is 0.106. The van der Waals surface area contributed by atoms with E-state index >= 15 is 0 Å². The first-order valence-corrected chi connectivity index (χ1v) is 8.29. The van der Waals surface area contributed by atoms with Crippen molar-refractivity contribution in [2.75, 3.05) is 13.1 Å². The van der Waals surface area contributed by atoms with Crippen LogP contribution in [0.1, 0.15) is 72.6 Å². The van der Waals surface area contributed by atoms with Gasteiger partial charge in [0.2, 0.25) is 0 Å². The number of nitrogens with two attached hydrogens (primary N) is 1. The predicted molar refractivity (Wildman–Crippen MR) is 85.4 cm³/mol. The zero-order valence-corrected chi connectivity index (χ0v) is 13.5. The fourth-order valence-corrected chi connectivity index (χ4v) is 3.48. The third-order valence-corrected chi connectivity index (χ3v) is 5.10. The van der Waals surface area contributed by atoms with Crippen LogP contribution >= 0.6 is 0 Å². The molecule has 0 aromatic rings. The summed E-state index contributed by atoms with van der Waals surface area (Å²) >= 11 is 0. The second-order valence-electron chi connectivity index (χ2n) is 6.09. The molecule has 0 fully saturated rings. The summed E-state index contributed by atoms with van der Waals surface area (Å²) in [7, 11) is 0. The van der Waals surface area contributed by atoms with Crippen molar-refractivity contribution in [1.82, 2.24) is 4.90 Å². The maximum Gasteiger partial charge on any atom is 0.0438 e. The molecule has 0 aromatic carbocycles. The van der Waals surface area contributed by atoms with E-state index < -0.39 is 0 Å². The van der Waals surface area contributed by atoms with Crippen LogP contribution in [0.2, 0.25) is 0 Å². The minimum atomic E-state index is 0.106. The summed E-state index contributed by atoms with van der Waals surface area (Å²) in [5, 5.41) is 0. The molecular formula is C17H34N2. The van der Waals surface area contributed by atoms with Crippen LogP contribution in [-0.4, -0.2) is 29.6 Å². The van der Waals surface area contributed by atoms with E-state index in [1.165, 1.54) is 44.1 Å². The van der Waals surface area contributed by atoms with Crippen molar-refractivity contribution >= 4 is 0 Å². The zero-order chi connectivity index (χ0) is 14.3. The van der Waals surface area contributed by atoms with Gasteiger partial charge in [-0.2, -0.15) is 0 Å². The third-order valence-electron chi connectivity index (χ3n) is 5.10. The van der Waals surface area contributed by atoms with Gasteiger partial charge in [-0.3, -0.25) is 4.90 Å². The lowest BCUT2D eigenvalue weighted by molar-refractivity contribution is 0.0941. The first-order chi connectivity index (χ1) is 9.10. The fraction of sp³-hybridized carbons (Fsp3) is 0.882. The molecule has 2 heteroatoms. The van der Waals surface area contributed by atoms with Crippen LogP contribution in [-0.2, 0) is 0 Å². The molecule has 0 aromatic heterocycles. The molecule has 0 bridgehead atoms. The summed E-state index contributed by atoms with van der Waals surface area (Å²) in [5.41, 5.74) is 8.32. The lowest BCUT2D eigenvalue weighted by Crippen LogP contribution is -2.58. The van der Waals surface area contributed by atoms with Crippen LogP contribution in [0.4, 0.5) is 0 Å². The quantitative estimate of drug-likeness (QED) is 0.733. The van der Waals surface area contributed by atoms with E-state index in [1.807, 2.05) is 0 Å². The number of nitrogens with zero attached hydrogens (tertiary/aromatic N) is 1. The lowest BCUT2D eigenvalue weighted by atomic mass is 9.80. The van der Waals surface area contributed by atoms with Gasteiger partial charge in [-0.05, 0) is 52.1 Å². The van der Waals surface area contributed by atoms with Gasteiger partial charge < -0.3 is 5.73 Å². The number of hydrogen-bond donors (Lipinski definition) is 1. The molecule has 2 nitrogen and oxygen atoms in total. The van der Waals surface area contributed by atoms with Crippen molar-refractivity contribution in [3.8, 4) is 0 Å². The maximum atomic E-state index is 6.70. The minimum Gasteiger partial charge on any atom is -0.323 e. The Morgan fingerprint density at radius 2 is 1.79 bits per heavy atom. The van der Waals surface area contributed by atoms with E-state index in [0.29, 0.717) is 0 Å². The average Bonchev–Trinajstić information content (AvgIpc) is 2.38. The van der Waals surface area contributed by atoms with E-state index in [0.717, 1.165) is 19.5 Å². The third kappa shape index (κ3) is 4.06. The normalized spacial score (nSPS) is 22.3. The van der Waals surface area contributed by atoms with Gasteiger partial charge in [-0.25, -0.2) is 0 Å². The second kappa shape index (κ2) is 8.06. The van der Waals surface area contributed by atoms with E-state index in [1.54, 1.807) is 0 Å². The average molecular weight is 266 g/mol. The summed E-state index contributed by atoms with van der Waals surface area (Å²) in [6, 6.07) is 0.190. The summed E-state index contributed by atoms with van der Waals surface area (Å²) in [6.07, 6.45) is 11.4. The van der Waals surface area contributed by atoms with Crippen LogP contribution in [0.25, 0.3) is 0 Å². The van der Waals surface area contributed by atoms with Gasteiger partial charge in [0.05, 0.1) is 0 Å². The van der Waals surface area contributed by atoms with Crippen molar-refractivity contribution in [2.24, 2.45) is 5.73 Å². The molecule has 0 radical (unpaired) electrons. The van der Waals surface area contributed by atoms with Gasteiger partial charge in [0.1, 0.15) is 0 Å². The Bertz CT molecular complexity index is 281. The van der Waals surface area contributed by atoms with E-state index in [2.05, 4.69) is 38.7 Å². The van der Waals surface area contributed by atoms with Gasteiger partial charge in [0.15, 0.2) is 0 Å². The fourth-order valence-electron chi connectivity index (χ4n) is 3.48. The highest BCUT2D eigenvalue weighted by Crippen LogP contribution is 2.30. The lowest BCUT2D eigenvalue weighted by Gasteiger charge is -2.45. The Balaban J connectivity index is 2.88. The van der Waals surface area contributed by atoms with Crippen molar-refractivity contribution in [3.63, 3.8) is 0 Å². The Labute approximate surface area is 120 Å². The highest BCUT2D eigenvalue weighted by atomic mass is 15.2. The molecule has 0 amide bonds. The molecule has 1 rings (SSSR count). The standard InChI is InChI=1S/C17H34N2/c1-5-17(4,19(6-2)7-3)16(18)15-13-11-9-8-10-12-14-15/h13,16H,5-12,14,18H2,1-4H3. The van der Waals surface area contributed by atoms with Crippen LogP contribution in [0.15, 0.2) is 11.6 Å². The Morgan fingerprint density at radius 3 is 2.37 bits per heavy atom. The molecule has 0 aliphatic heterocycles. The highest BCUT2D eigenvalue weighted by Gasteiger charge is 2.36. The van der Waals surface area contributed by atoms with Gasteiger partial charge in [0, 0.05) is 11.6 Å². The van der Waals surface area contributed by atoms with E-state index in [9.17, 15) is 0 Å². The molecule has 0 saturated carbocycles. The zero-order valence-electron chi connectivity index (χ0n) is 13.5. The van der Waals surface area contributed by atoms with Gasteiger partial charge in [0.25, 0.3) is 0 Å². The topological polar surface area (TPSA) is 29.3 Å². The molecule has 112 valence electrons. The van der Waals surface area contributed by atoms with Crippen LogP contribution < -0.4 is 5.73 Å². The molecule has 2 atom stereocenters. The Hall–Kier alpha value is -0.340. The number of allylic oxidation sites excluding steroid dienone is 1. The van der Waals surface area contributed by atoms with Crippen LogP contribution in [0.3, 0.4) is 0 Å². The van der Waals surface area contributed by atoms with Crippen molar-refractivity contribution < 1.29 is 0 Å². The smallest absolute Gasteiger partial charge is 0.0438 e. The van der Waals surface area contributed by atoms with Gasteiger partial charge in [-0.1, -0.05) is 45.3 Å². The summed E-state index contributed by atoms with van der Waals surface area (Å²) in [5.74, 6) is 0. The predicted octanol–water partition coefficient (Wildman–Crippen LogP) is 4.10. The number of rotatable bonds is 6. The van der Waals surface area contributed by atoms with Gasteiger partial charge >= 0.3 is 0 Å². The van der Waals surface area contributed by atoms with Crippen molar-refractivity contribution in [3.05, 3.63) is 11.6 Å². The van der Waals surface area contributed by atoms with E-state index in [4.69, 9.17) is 5.73 Å². The first-order valence-electron chi connectivity index (χ1n) is 8.29. The molecule has 19 heavy (non-hydrogen) atoms. The molecule has 0 saturated heterocycles. The van der Waals surface area contributed by atoms with Crippen LogP contribution in [0, 0.1) is 0 Å². The monoisotopic (exact) mass is 266 g/mol.